The molecule has 0 spiro atoms. The number of rotatable bonds is 1. The van der Waals surface area contributed by atoms with Crippen molar-refractivity contribution in [3.05, 3.63) is 0 Å². The summed E-state index contributed by atoms with van der Waals surface area (Å²) in [6.45, 7) is 0. The number of hydrogen-bond donors (Lipinski definition) is 0. The van der Waals surface area contributed by atoms with Gasteiger partial charge in [-0.25, -0.2) is 0 Å². The van der Waals surface area contributed by atoms with E-state index in [1.807, 2.05) is 0 Å². The van der Waals surface area contributed by atoms with Crippen LogP contribution in [0.15, 0.2) is 4.52 Å². The van der Waals surface area contributed by atoms with Gasteiger partial charge in [-0.1, -0.05) is 0 Å². The molecule has 0 aromatic rings. The lowest BCUT2D eigenvalue weighted by molar-refractivity contribution is 0.753. The van der Waals surface area contributed by atoms with Crippen LogP contribution in [0.25, 0.3) is 0 Å². The topological polar surface area (TPSA) is 12.4 Å². The molecule has 0 aliphatic rings. The largest absolute Gasteiger partial charge is 0.390 e. The first-order valence-corrected chi connectivity index (χ1v) is 7.41. The fourth-order valence-electron chi connectivity index (χ4n) is 0.118. The lowest BCUT2D eigenvalue weighted by atomic mass is 13.9. The quantitative estimate of drug-likeness (QED) is 0.608. The van der Waals surface area contributed by atoms with Crippen molar-refractivity contribution < 1.29 is 12.6 Å². The lowest BCUT2D eigenvalue weighted by Gasteiger charge is -1.95. The van der Waals surface area contributed by atoms with E-state index in [9.17, 15) is 12.6 Å². The van der Waals surface area contributed by atoms with Crippen molar-refractivity contribution in [3.8, 4) is 0 Å². The molecular weight excluding hydrogens is 236 g/mol. The molecule has 9 heavy (non-hydrogen) atoms. The lowest BCUT2D eigenvalue weighted by Crippen LogP contribution is -1.46. The van der Waals surface area contributed by atoms with Crippen LogP contribution in [0.1, 0.15) is 0 Å². The van der Waals surface area contributed by atoms with E-state index in [1.165, 1.54) is 0 Å². The van der Waals surface area contributed by atoms with Gasteiger partial charge < -0.3 is 0 Å². The van der Waals surface area contributed by atoms with Gasteiger partial charge in [0.2, 0.25) is 0 Å². The van der Waals surface area contributed by atoms with Crippen LogP contribution in [0.4, 0.5) is 12.6 Å². The molecule has 0 bridgehead atoms. The highest BCUT2D eigenvalue weighted by molar-refractivity contribution is 8.25. The Kier molecular flexibility index (Phi) is 3.53. The maximum atomic E-state index is 11.9. The normalized spacial score (nSPS) is 18.8. The summed E-state index contributed by atoms with van der Waals surface area (Å²) in [5.74, 6) is -4.19. The summed E-state index contributed by atoms with van der Waals surface area (Å²) in [6.07, 6.45) is 0. The first-order chi connectivity index (χ1) is 3.71. The summed E-state index contributed by atoms with van der Waals surface area (Å²) in [6, 6.07) is 0. The number of hydrogen-bond acceptors (Lipinski definition) is 1. The highest BCUT2D eigenvalue weighted by atomic mass is 35.7. The molecule has 1 atom stereocenters. The Balaban J connectivity index is 4.53. The van der Waals surface area contributed by atoms with Gasteiger partial charge in [0, 0.05) is 0 Å². The molecule has 0 aromatic heterocycles. The molecule has 0 saturated heterocycles. The summed E-state index contributed by atoms with van der Waals surface area (Å²) in [7, 11) is -5.00. The molecule has 1 nitrogen and oxygen atoms in total. The van der Waals surface area contributed by atoms with E-state index in [2.05, 4.69) is 38.8 Å². The van der Waals surface area contributed by atoms with Crippen molar-refractivity contribution in [2.45, 2.75) is 0 Å². The minimum absolute atomic E-state index is 2.11. The van der Waals surface area contributed by atoms with Gasteiger partial charge in [0.1, 0.15) is 0 Å². The first kappa shape index (κ1) is 10.2. The van der Waals surface area contributed by atoms with Crippen LogP contribution in [-0.4, -0.2) is 0 Å². The maximum absolute atomic E-state index is 11.9. The highest BCUT2D eigenvalue weighted by Gasteiger charge is 2.19. The average Bonchev–Trinajstić information content (AvgIpc) is 1.14. The van der Waals surface area contributed by atoms with Crippen molar-refractivity contribution in [2.75, 3.05) is 0 Å². The second kappa shape index (κ2) is 3.10. The van der Waals surface area contributed by atoms with Crippen LogP contribution >= 0.6 is 35.4 Å². The second-order valence-electron chi connectivity index (χ2n) is 0.943. The predicted molar refractivity (Wildman–Crippen MR) is 38.7 cm³/mol. The van der Waals surface area contributed by atoms with Gasteiger partial charge in [0.05, 0.1) is 0 Å². The molecule has 0 rings (SSSR count). The SMILES string of the molecule is FP(=S)(Cl)N=P(F)(F)Cl. The van der Waals surface area contributed by atoms with Crippen molar-refractivity contribution >= 4 is 47.2 Å². The summed E-state index contributed by atoms with van der Waals surface area (Å²) in [5.41, 5.74) is 0. The van der Waals surface area contributed by atoms with E-state index >= 15 is 0 Å². The molecular formula is Cl2F3NP2S. The van der Waals surface area contributed by atoms with Crippen LogP contribution in [0, 0.1) is 0 Å². The average molecular weight is 236 g/mol. The van der Waals surface area contributed by atoms with Crippen LogP contribution in [-0.2, 0) is 11.8 Å². The van der Waals surface area contributed by atoms with Gasteiger partial charge in [0.15, 0.2) is 0 Å². The van der Waals surface area contributed by atoms with Gasteiger partial charge in [-0.05, 0) is 34.3 Å². The molecule has 0 heterocycles. The Labute approximate surface area is 64.6 Å². The van der Waals surface area contributed by atoms with E-state index in [0.29, 0.717) is 0 Å². The fraction of sp³-hybridized carbons (Fsp3) is 0. The third-order valence-electron chi connectivity index (χ3n) is 0.206. The molecule has 0 aromatic carbocycles. The molecule has 0 radical (unpaired) electrons. The molecule has 0 aliphatic carbocycles. The Morgan fingerprint density at radius 1 is 1.22 bits per heavy atom. The predicted octanol–water partition coefficient (Wildman–Crippen LogP) is 4.54. The summed E-state index contributed by atoms with van der Waals surface area (Å²) in [5, 5.41) is 0. The summed E-state index contributed by atoms with van der Waals surface area (Å²) < 4.78 is 37.1. The van der Waals surface area contributed by atoms with Crippen molar-refractivity contribution in [3.63, 3.8) is 0 Å². The van der Waals surface area contributed by atoms with Gasteiger partial charge in [0.25, 0.3) is 0 Å². The van der Waals surface area contributed by atoms with Crippen LogP contribution < -0.4 is 0 Å². The maximum Gasteiger partial charge on any atom is 0.390 e. The molecule has 56 valence electrons. The summed E-state index contributed by atoms with van der Waals surface area (Å²) >= 11 is 12.6. The van der Waals surface area contributed by atoms with E-state index in [-0.39, 0.29) is 0 Å². The van der Waals surface area contributed by atoms with E-state index in [1.54, 1.807) is 0 Å². The van der Waals surface area contributed by atoms with E-state index in [4.69, 9.17) is 0 Å². The van der Waals surface area contributed by atoms with E-state index < -0.39 is 12.9 Å². The van der Waals surface area contributed by atoms with E-state index in [0.717, 1.165) is 0 Å². The monoisotopic (exact) mass is 235 g/mol. The Hall–Kier alpha value is 1.25. The fourth-order valence-corrected chi connectivity index (χ4v) is 4.16. The van der Waals surface area contributed by atoms with Crippen molar-refractivity contribution in [2.24, 2.45) is 4.52 Å². The van der Waals surface area contributed by atoms with Crippen LogP contribution in [0.3, 0.4) is 0 Å². The minimum Gasteiger partial charge on any atom is -0.174 e. The Morgan fingerprint density at radius 3 is 1.56 bits per heavy atom. The van der Waals surface area contributed by atoms with Crippen LogP contribution in [0.5, 0.6) is 0 Å². The molecule has 0 amide bonds. The number of halogens is 5. The zero-order chi connectivity index (χ0) is 7.71. The zero-order valence-electron chi connectivity index (χ0n) is 3.64. The highest BCUT2D eigenvalue weighted by Crippen LogP contribution is 2.70. The Morgan fingerprint density at radius 2 is 1.56 bits per heavy atom. The Bertz CT molecular complexity index is 182. The third-order valence-corrected chi connectivity index (χ3v) is 3.72. The molecule has 0 saturated carbocycles. The van der Waals surface area contributed by atoms with Crippen molar-refractivity contribution in [1.82, 2.24) is 0 Å². The third kappa shape index (κ3) is 9.25. The van der Waals surface area contributed by atoms with Gasteiger partial charge in [-0.3, -0.25) is 0 Å². The zero-order valence-corrected chi connectivity index (χ0v) is 7.76. The molecule has 0 fully saturated rings. The number of nitrogens with zero attached hydrogens (tertiary/aromatic N) is 1. The van der Waals surface area contributed by atoms with Crippen molar-refractivity contribution in [1.29, 1.82) is 0 Å². The van der Waals surface area contributed by atoms with Crippen LogP contribution in [0.2, 0.25) is 0 Å². The van der Waals surface area contributed by atoms with Gasteiger partial charge >= 0.3 is 12.9 Å². The summed E-state index contributed by atoms with van der Waals surface area (Å²) in [4.78, 5) is 0. The smallest absolute Gasteiger partial charge is 0.174 e. The molecule has 0 aliphatic heterocycles. The standard InChI is InChI=1S/Cl2F3NP2S/c1-7(3,4)6-8(2,5)9. The molecule has 0 N–H and O–H groups in total. The molecule has 1 unspecified atom stereocenters. The van der Waals surface area contributed by atoms with Gasteiger partial charge in [-0.2, -0.15) is 17.1 Å². The molecule has 9 heteroatoms. The first-order valence-electron chi connectivity index (χ1n) is 1.43. The van der Waals surface area contributed by atoms with Gasteiger partial charge in [-0.15, -0.1) is 0 Å². The minimum atomic E-state index is -5.00. The second-order valence-corrected chi connectivity index (χ2v) is 7.98.